The molecular weight excluding hydrogens is 608 g/mol. The maximum Gasteiger partial charge on any atom is 0.123 e. The number of halogens is 5. The number of rotatable bonds is 12. The summed E-state index contributed by atoms with van der Waals surface area (Å²) in [6, 6.07) is 32.9. The number of hydrogen-bond acceptors (Lipinski definition) is 0. The monoisotopic (exact) mass is 638 g/mol. The first-order valence-corrected chi connectivity index (χ1v) is 18.7. The predicted octanol–water partition coefficient (Wildman–Crippen LogP) is 8.15. The van der Waals surface area contributed by atoms with Crippen molar-refractivity contribution in [3.63, 3.8) is 0 Å². The first-order chi connectivity index (χ1) is 20.9. The van der Waals surface area contributed by atoms with Gasteiger partial charge < -0.3 is 0 Å². The maximum atomic E-state index is 13.9. The summed E-state index contributed by atoms with van der Waals surface area (Å²) < 4.78 is 68.8. The fourth-order valence-electron chi connectivity index (χ4n) is 4.96. The SMILES string of the molecule is Fc1ccc(P(CCCP(c2ccc(F)cc2)c2ccc(F)cc2)CCP(c2ccc(F)cc2)c2ccc(F)cc2)cc1. The van der Waals surface area contributed by atoms with Crippen LogP contribution in [-0.2, 0) is 0 Å². The zero-order valence-electron chi connectivity index (χ0n) is 23.3. The summed E-state index contributed by atoms with van der Waals surface area (Å²) in [5.74, 6) is -1.47. The highest BCUT2D eigenvalue weighted by atomic mass is 31.1. The van der Waals surface area contributed by atoms with Gasteiger partial charge in [-0.2, -0.15) is 0 Å². The Hall–Kier alpha value is -2.96. The van der Waals surface area contributed by atoms with Crippen LogP contribution in [0.2, 0.25) is 0 Å². The topological polar surface area (TPSA) is 0 Å². The van der Waals surface area contributed by atoms with Gasteiger partial charge in [0, 0.05) is 0 Å². The first kappa shape index (κ1) is 31.5. The van der Waals surface area contributed by atoms with Crippen LogP contribution in [-0.4, -0.2) is 24.6 Å². The smallest absolute Gasteiger partial charge is 0.123 e. The molecule has 0 spiro atoms. The first-order valence-electron chi connectivity index (χ1n) is 13.9. The Morgan fingerprint density at radius 1 is 0.302 bits per heavy atom. The molecule has 0 bridgehead atoms. The molecule has 0 nitrogen and oxygen atoms in total. The lowest BCUT2D eigenvalue weighted by atomic mass is 10.3. The summed E-state index contributed by atoms with van der Waals surface area (Å²) in [4.78, 5) is 0. The highest BCUT2D eigenvalue weighted by Crippen LogP contribution is 2.44. The molecule has 5 rings (SSSR count). The van der Waals surface area contributed by atoms with Crippen molar-refractivity contribution in [1.29, 1.82) is 0 Å². The van der Waals surface area contributed by atoms with Gasteiger partial charge in [-0.15, -0.1) is 0 Å². The van der Waals surface area contributed by atoms with E-state index < -0.39 is 23.8 Å². The fourth-order valence-corrected chi connectivity index (χ4v) is 13.0. The average molecular weight is 639 g/mol. The molecule has 0 radical (unpaired) electrons. The van der Waals surface area contributed by atoms with Crippen LogP contribution in [0.3, 0.4) is 0 Å². The van der Waals surface area contributed by atoms with Crippen LogP contribution in [0.15, 0.2) is 121 Å². The molecule has 1 atom stereocenters. The van der Waals surface area contributed by atoms with Crippen molar-refractivity contribution in [3.05, 3.63) is 150 Å². The molecule has 220 valence electrons. The third-order valence-corrected chi connectivity index (χ3v) is 15.3. The minimum absolute atomic E-state index is 0.283. The van der Waals surface area contributed by atoms with Crippen LogP contribution in [0.5, 0.6) is 0 Å². The van der Waals surface area contributed by atoms with Gasteiger partial charge in [-0.1, -0.05) is 68.6 Å². The van der Waals surface area contributed by atoms with E-state index in [-0.39, 0.29) is 29.1 Å². The van der Waals surface area contributed by atoms with E-state index in [9.17, 15) is 22.0 Å². The molecular formula is C35H30F5P3. The normalized spacial score (nSPS) is 12.2. The minimum Gasteiger partial charge on any atom is -0.207 e. The lowest BCUT2D eigenvalue weighted by Gasteiger charge is -2.25. The summed E-state index contributed by atoms with van der Waals surface area (Å²) in [6.45, 7) is 0. The van der Waals surface area contributed by atoms with E-state index in [4.69, 9.17) is 0 Å². The minimum atomic E-state index is -0.869. The van der Waals surface area contributed by atoms with Gasteiger partial charge in [0.2, 0.25) is 0 Å². The maximum absolute atomic E-state index is 13.9. The van der Waals surface area contributed by atoms with Crippen molar-refractivity contribution >= 4 is 50.3 Å². The second kappa shape index (κ2) is 15.2. The lowest BCUT2D eigenvalue weighted by Crippen LogP contribution is -2.18. The van der Waals surface area contributed by atoms with Gasteiger partial charge in [0.05, 0.1) is 0 Å². The Bertz CT molecular complexity index is 1480. The highest BCUT2D eigenvalue weighted by molar-refractivity contribution is 7.74. The molecule has 0 amide bonds. The van der Waals surface area contributed by atoms with E-state index in [1.165, 1.54) is 60.7 Å². The van der Waals surface area contributed by atoms with Crippen molar-refractivity contribution in [1.82, 2.24) is 0 Å². The molecule has 5 aromatic rings. The zero-order chi connectivity index (χ0) is 30.2. The second-order valence-electron chi connectivity index (χ2n) is 10.0. The lowest BCUT2D eigenvalue weighted by molar-refractivity contribution is 0.627. The molecule has 0 N–H and O–H groups in total. The Labute approximate surface area is 253 Å². The molecule has 8 heteroatoms. The third-order valence-electron chi connectivity index (χ3n) is 7.15. The third kappa shape index (κ3) is 8.79. The van der Waals surface area contributed by atoms with E-state index >= 15 is 0 Å². The van der Waals surface area contributed by atoms with Crippen molar-refractivity contribution in [2.75, 3.05) is 24.6 Å². The Kier molecular flexibility index (Phi) is 11.1. The molecule has 0 saturated carbocycles. The quantitative estimate of drug-likeness (QED) is 0.0957. The van der Waals surface area contributed by atoms with Crippen LogP contribution < -0.4 is 26.5 Å². The molecule has 1 unspecified atom stereocenters. The van der Waals surface area contributed by atoms with E-state index in [1.54, 1.807) is 0 Å². The van der Waals surface area contributed by atoms with Gasteiger partial charge in [0.1, 0.15) is 29.1 Å². The van der Waals surface area contributed by atoms with Gasteiger partial charge >= 0.3 is 0 Å². The summed E-state index contributed by atoms with van der Waals surface area (Å²) >= 11 is 0. The largest absolute Gasteiger partial charge is 0.207 e. The van der Waals surface area contributed by atoms with Gasteiger partial charge in [-0.05, 0) is 134 Å². The molecule has 0 aromatic heterocycles. The molecule has 0 heterocycles. The summed E-state index contributed by atoms with van der Waals surface area (Å²) in [5, 5.41) is 5.22. The predicted molar refractivity (Wildman–Crippen MR) is 175 cm³/mol. The molecule has 43 heavy (non-hydrogen) atoms. The molecule has 0 saturated heterocycles. The van der Waals surface area contributed by atoms with Gasteiger partial charge in [-0.25, -0.2) is 22.0 Å². The fraction of sp³-hybridized carbons (Fsp3) is 0.143. The average Bonchev–Trinajstić information content (AvgIpc) is 3.02. The number of benzene rings is 5. The van der Waals surface area contributed by atoms with Crippen molar-refractivity contribution < 1.29 is 22.0 Å². The molecule has 5 aromatic carbocycles. The Morgan fingerprint density at radius 2 is 0.581 bits per heavy atom. The van der Waals surface area contributed by atoms with Crippen molar-refractivity contribution in [2.45, 2.75) is 6.42 Å². The van der Waals surface area contributed by atoms with E-state index in [0.29, 0.717) is 0 Å². The van der Waals surface area contributed by atoms with Crippen LogP contribution in [0.25, 0.3) is 0 Å². The van der Waals surface area contributed by atoms with Crippen LogP contribution in [0.4, 0.5) is 22.0 Å². The van der Waals surface area contributed by atoms with Crippen LogP contribution in [0.1, 0.15) is 6.42 Å². The standard InChI is InChI=1S/C35H30F5P3/c36-26-2-12-31(13-3-26)41(24-25-43(34-18-8-29(39)9-19-34)35-20-10-30(40)11-21-35)22-1-23-42(32-14-4-27(37)5-15-32)33-16-6-28(38)7-17-33/h2-21H,1,22-25H2. The summed E-state index contributed by atoms with van der Waals surface area (Å²) in [7, 11) is -2.38. The van der Waals surface area contributed by atoms with E-state index in [2.05, 4.69) is 0 Å². The Morgan fingerprint density at radius 3 is 0.907 bits per heavy atom. The van der Waals surface area contributed by atoms with Gasteiger partial charge in [0.15, 0.2) is 0 Å². The molecule has 0 fully saturated rings. The van der Waals surface area contributed by atoms with Crippen molar-refractivity contribution in [3.8, 4) is 0 Å². The zero-order valence-corrected chi connectivity index (χ0v) is 26.0. The Balaban J connectivity index is 1.37. The summed E-state index contributed by atoms with van der Waals surface area (Å²) in [6.07, 6.45) is 4.32. The second-order valence-corrected chi connectivity index (χ2v) is 17.2. The van der Waals surface area contributed by atoms with E-state index in [0.717, 1.165) is 57.6 Å². The summed E-state index contributed by atoms with van der Waals surface area (Å²) in [5.41, 5.74) is 0. The van der Waals surface area contributed by atoms with Crippen molar-refractivity contribution in [2.24, 2.45) is 0 Å². The van der Waals surface area contributed by atoms with Crippen LogP contribution >= 0.6 is 23.8 Å². The van der Waals surface area contributed by atoms with Gasteiger partial charge in [-0.3, -0.25) is 0 Å². The van der Waals surface area contributed by atoms with Crippen LogP contribution in [0, 0.1) is 29.1 Å². The van der Waals surface area contributed by atoms with E-state index in [1.807, 2.05) is 60.7 Å². The molecule has 0 aliphatic heterocycles. The number of hydrogen-bond donors (Lipinski definition) is 0. The molecule has 0 aliphatic carbocycles. The highest BCUT2D eigenvalue weighted by Gasteiger charge is 2.20. The molecule has 0 aliphatic rings. The van der Waals surface area contributed by atoms with Gasteiger partial charge in [0.25, 0.3) is 0 Å².